The molecule has 0 aliphatic carbocycles. The second-order valence-electron chi connectivity index (χ2n) is 12.0. The molecule has 9 nitrogen and oxygen atoms in total. The molecule has 4 N–H and O–H groups in total. The lowest BCUT2D eigenvalue weighted by Gasteiger charge is -2.21. The SMILES string of the molecule is Cc1cc(C)cc(-c2c(OCCC3CCCC[NH2+]3)c3cc(C(=O)Nc4ccc(N(C)C)cc4)c(Cl)cc3[nH]c2=O)c1.O=C([O-])C(F)(F)F. The van der Waals surface area contributed by atoms with Gasteiger partial charge in [-0.05, 0) is 75.1 Å². The number of aromatic amines is 1. The number of carboxylic acid groups (broad SMARTS) is 1. The van der Waals surface area contributed by atoms with Gasteiger partial charge >= 0.3 is 6.18 Å². The zero-order valence-corrected chi connectivity index (χ0v) is 27.8. The quantitative estimate of drug-likeness (QED) is 0.240. The third kappa shape index (κ3) is 9.29. The number of anilines is 2. The van der Waals surface area contributed by atoms with Crippen molar-refractivity contribution in [1.82, 2.24) is 4.98 Å². The minimum Gasteiger partial charge on any atom is -0.542 e. The highest BCUT2D eigenvalue weighted by atomic mass is 35.5. The number of carbonyl (C=O) groups excluding carboxylic acids is 2. The van der Waals surface area contributed by atoms with E-state index in [9.17, 15) is 22.8 Å². The Hall–Kier alpha value is -4.55. The van der Waals surface area contributed by atoms with E-state index in [0.29, 0.717) is 46.1 Å². The van der Waals surface area contributed by atoms with Gasteiger partial charge in [0.2, 0.25) is 0 Å². The molecule has 1 unspecified atom stereocenters. The minimum absolute atomic E-state index is 0.248. The number of nitrogens with one attached hydrogen (secondary N) is 2. The summed E-state index contributed by atoms with van der Waals surface area (Å²) in [5.74, 6) is -2.87. The van der Waals surface area contributed by atoms with Gasteiger partial charge in [-0.3, -0.25) is 9.59 Å². The molecule has 1 aliphatic heterocycles. The number of aryl methyl sites for hydroxylation is 2. The Morgan fingerprint density at radius 2 is 1.71 bits per heavy atom. The molecule has 48 heavy (non-hydrogen) atoms. The average Bonchev–Trinajstić information content (AvgIpc) is 3.00. The van der Waals surface area contributed by atoms with Crippen LogP contribution < -0.4 is 30.9 Å². The molecule has 2 heterocycles. The number of amides is 1. The number of benzene rings is 3. The maximum Gasteiger partial charge on any atom is 0.430 e. The van der Waals surface area contributed by atoms with E-state index < -0.39 is 12.1 Å². The van der Waals surface area contributed by atoms with E-state index in [1.807, 2.05) is 69.2 Å². The molecule has 5 rings (SSSR count). The number of quaternary nitrogens is 1. The molecule has 1 aromatic heterocycles. The molecule has 0 saturated carbocycles. The molecular weight excluding hydrogens is 649 g/mol. The molecule has 1 amide bonds. The third-order valence-electron chi connectivity index (χ3n) is 7.95. The number of carbonyl (C=O) groups is 2. The van der Waals surface area contributed by atoms with Crippen molar-refractivity contribution in [3.8, 4) is 16.9 Å². The summed E-state index contributed by atoms with van der Waals surface area (Å²) < 4.78 is 38.0. The number of hydrogen-bond donors (Lipinski definition) is 3. The number of fused-ring (bicyclic) bond motifs is 1. The van der Waals surface area contributed by atoms with Crippen LogP contribution in [0.15, 0.2) is 59.4 Å². The second-order valence-corrected chi connectivity index (χ2v) is 12.4. The topological polar surface area (TPSA) is 131 Å². The summed E-state index contributed by atoms with van der Waals surface area (Å²) in [5.41, 5.74) is 5.63. The number of nitrogens with two attached hydrogens (primary N) is 1. The van der Waals surface area contributed by atoms with E-state index in [4.69, 9.17) is 26.2 Å². The summed E-state index contributed by atoms with van der Waals surface area (Å²) >= 11 is 6.61. The number of alkyl halides is 3. The molecule has 0 radical (unpaired) electrons. The lowest BCUT2D eigenvalue weighted by Crippen LogP contribution is -2.91. The number of piperidine rings is 1. The van der Waals surface area contributed by atoms with E-state index >= 15 is 0 Å². The normalized spacial score (nSPS) is 14.5. The Bertz CT molecular complexity index is 1820. The zero-order valence-electron chi connectivity index (χ0n) is 27.1. The Kier molecular flexibility index (Phi) is 11.8. The number of aliphatic carboxylic acids is 1. The average molecular weight is 687 g/mol. The number of pyridine rings is 1. The summed E-state index contributed by atoms with van der Waals surface area (Å²) in [5, 5.41) is 15.0. The van der Waals surface area contributed by atoms with Crippen LogP contribution in [0, 0.1) is 13.8 Å². The van der Waals surface area contributed by atoms with E-state index in [1.54, 1.807) is 12.1 Å². The van der Waals surface area contributed by atoms with Crippen molar-refractivity contribution in [3.63, 3.8) is 0 Å². The van der Waals surface area contributed by atoms with Gasteiger partial charge in [0.1, 0.15) is 11.7 Å². The van der Waals surface area contributed by atoms with Crippen molar-refractivity contribution in [2.75, 3.05) is 37.5 Å². The predicted molar refractivity (Wildman–Crippen MR) is 179 cm³/mol. The number of aromatic nitrogens is 1. The fourth-order valence-corrected chi connectivity index (χ4v) is 5.88. The number of nitrogens with zero attached hydrogens (tertiary/aromatic N) is 1. The Labute approximate surface area is 281 Å². The van der Waals surface area contributed by atoms with Crippen molar-refractivity contribution in [3.05, 3.63) is 86.7 Å². The number of hydrogen-bond acceptors (Lipinski definition) is 6. The molecule has 4 aromatic rings. The van der Waals surface area contributed by atoms with Gasteiger partial charge in [-0.2, -0.15) is 13.2 Å². The van der Waals surface area contributed by atoms with Crippen LogP contribution in [0.5, 0.6) is 5.75 Å². The van der Waals surface area contributed by atoms with Crippen LogP contribution in [-0.2, 0) is 4.79 Å². The Balaban J connectivity index is 0.000000671. The summed E-state index contributed by atoms with van der Waals surface area (Å²) in [6.07, 6.45) is -0.667. The van der Waals surface area contributed by atoms with Crippen molar-refractivity contribution in [2.24, 2.45) is 0 Å². The van der Waals surface area contributed by atoms with Crippen LogP contribution in [0.2, 0.25) is 5.02 Å². The Morgan fingerprint density at radius 1 is 1.06 bits per heavy atom. The molecular formula is C35H38ClF3N4O5. The number of halogens is 4. The maximum absolute atomic E-state index is 13.5. The fraction of sp³-hybridized carbons (Fsp3) is 0.343. The summed E-state index contributed by atoms with van der Waals surface area (Å²) in [6, 6.07) is 17.5. The van der Waals surface area contributed by atoms with Crippen LogP contribution >= 0.6 is 11.6 Å². The van der Waals surface area contributed by atoms with Crippen LogP contribution in [0.4, 0.5) is 24.5 Å². The van der Waals surface area contributed by atoms with Gasteiger partial charge in [-0.25, -0.2) is 0 Å². The number of carboxylic acids is 1. The molecule has 3 aromatic carbocycles. The van der Waals surface area contributed by atoms with Gasteiger partial charge in [0.25, 0.3) is 11.5 Å². The first kappa shape index (κ1) is 36.3. The van der Waals surface area contributed by atoms with Crippen LogP contribution in [-0.4, -0.2) is 56.3 Å². The van der Waals surface area contributed by atoms with Gasteiger partial charge in [0.15, 0.2) is 0 Å². The summed E-state index contributed by atoms with van der Waals surface area (Å²) in [7, 11) is 3.93. The minimum atomic E-state index is -5.19. The monoisotopic (exact) mass is 686 g/mol. The fourth-order valence-electron chi connectivity index (χ4n) is 5.63. The predicted octanol–water partition coefficient (Wildman–Crippen LogP) is 4.97. The highest BCUT2D eigenvalue weighted by Crippen LogP contribution is 2.37. The van der Waals surface area contributed by atoms with Gasteiger partial charge in [0.05, 0.1) is 40.9 Å². The molecule has 1 saturated heterocycles. The van der Waals surface area contributed by atoms with Crippen molar-refractivity contribution in [2.45, 2.75) is 51.7 Å². The largest absolute Gasteiger partial charge is 0.542 e. The van der Waals surface area contributed by atoms with Gasteiger partial charge < -0.3 is 35.2 Å². The summed E-state index contributed by atoms with van der Waals surface area (Å²) in [4.78, 5) is 40.7. The van der Waals surface area contributed by atoms with Crippen LogP contribution in [0.3, 0.4) is 0 Å². The molecule has 0 bridgehead atoms. The second kappa shape index (κ2) is 15.6. The van der Waals surface area contributed by atoms with E-state index in [0.717, 1.165) is 35.3 Å². The smallest absolute Gasteiger partial charge is 0.430 e. The highest BCUT2D eigenvalue weighted by molar-refractivity contribution is 6.35. The number of ether oxygens (including phenoxy) is 1. The molecule has 1 fully saturated rings. The molecule has 0 spiro atoms. The first-order chi connectivity index (χ1) is 22.6. The molecule has 1 aliphatic rings. The van der Waals surface area contributed by atoms with Crippen LogP contribution in [0.25, 0.3) is 22.0 Å². The van der Waals surface area contributed by atoms with E-state index in [2.05, 4.69) is 21.7 Å². The van der Waals surface area contributed by atoms with Crippen molar-refractivity contribution >= 4 is 45.8 Å². The molecule has 13 heteroatoms. The lowest BCUT2D eigenvalue weighted by molar-refractivity contribution is -0.698. The number of rotatable bonds is 8. The lowest BCUT2D eigenvalue weighted by atomic mass is 9.98. The highest BCUT2D eigenvalue weighted by Gasteiger charge is 2.29. The van der Waals surface area contributed by atoms with Crippen molar-refractivity contribution < 1.29 is 37.9 Å². The van der Waals surface area contributed by atoms with Crippen molar-refractivity contribution in [1.29, 1.82) is 0 Å². The van der Waals surface area contributed by atoms with E-state index in [-0.39, 0.29) is 16.5 Å². The maximum atomic E-state index is 13.5. The first-order valence-corrected chi connectivity index (χ1v) is 15.8. The Morgan fingerprint density at radius 3 is 2.27 bits per heavy atom. The third-order valence-corrected chi connectivity index (χ3v) is 8.26. The van der Waals surface area contributed by atoms with Gasteiger partial charge in [-0.1, -0.05) is 40.9 Å². The van der Waals surface area contributed by atoms with E-state index in [1.165, 1.54) is 19.3 Å². The molecule has 256 valence electrons. The van der Waals surface area contributed by atoms with Crippen LogP contribution in [0.1, 0.15) is 47.2 Å². The first-order valence-electron chi connectivity index (χ1n) is 15.4. The number of H-pyrrole nitrogens is 1. The molecule has 1 atom stereocenters. The van der Waals surface area contributed by atoms with Gasteiger partial charge in [-0.15, -0.1) is 0 Å². The standard InChI is InChI=1S/C33H37ClN4O3.C2HF3O2/c1-20-15-21(2)17-22(16-20)30-31(41-14-12-23-7-5-6-13-35-23)27-18-26(28(34)19-29(27)37-33(30)40)32(39)36-24-8-10-25(11-9-24)38(3)4;3-2(4,5)1(6)7/h8-11,15-19,23,35H,5-7,12-14H2,1-4H3,(H,36,39)(H,37,40);(H,6,7). The summed E-state index contributed by atoms with van der Waals surface area (Å²) in [6.45, 7) is 5.64. The van der Waals surface area contributed by atoms with Gasteiger partial charge in [0, 0.05) is 37.3 Å². The zero-order chi connectivity index (χ0) is 35.2.